The van der Waals surface area contributed by atoms with Crippen LogP contribution in [0.5, 0.6) is 0 Å². The number of nitrogens with zero attached hydrogens (tertiary/aromatic N) is 4. The minimum absolute atomic E-state index is 0.0122. The molecule has 2 aliphatic rings. The summed E-state index contributed by atoms with van der Waals surface area (Å²) in [6, 6.07) is 5.71. The SMILES string of the molecule is CCc1cc(N2C[C@H]3CC[C@@H](C2)N3C(=O)O)ccc1Nc1ncc(C(F)(F)F)c(Cl)n1. The molecule has 1 aromatic heterocycles. The highest BCUT2D eigenvalue weighted by Gasteiger charge is 2.42. The number of nitrogens with one attached hydrogen (secondary N) is 1. The molecule has 0 unspecified atom stereocenters. The van der Waals surface area contributed by atoms with Gasteiger partial charge in [0.2, 0.25) is 5.95 Å². The molecule has 1 amide bonds. The second-order valence-electron chi connectivity index (χ2n) is 7.70. The van der Waals surface area contributed by atoms with Gasteiger partial charge in [-0.25, -0.2) is 14.8 Å². The summed E-state index contributed by atoms with van der Waals surface area (Å²) < 4.78 is 38.6. The molecule has 7 nitrogen and oxygen atoms in total. The quantitative estimate of drug-likeness (QED) is 0.645. The van der Waals surface area contributed by atoms with Crippen LogP contribution in [0.1, 0.15) is 30.9 Å². The average molecular weight is 456 g/mol. The van der Waals surface area contributed by atoms with E-state index in [1.54, 1.807) is 4.90 Å². The molecule has 166 valence electrons. The van der Waals surface area contributed by atoms with E-state index in [0.717, 1.165) is 24.1 Å². The molecule has 0 spiro atoms. The molecule has 11 heteroatoms. The topological polar surface area (TPSA) is 81.6 Å². The third-order valence-corrected chi connectivity index (χ3v) is 6.12. The molecule has 4 rings (SSSR count). The number of anilines is 3. The van der Waals surface area contributed by atoms with Crippen LogP contribution in [0.2, 0.25) is 5.15 Å². The van der Waals surface area contributed by atoms with E-state index in [-0.39, 0.29) is 18.0 Å². The van der Waals surface area contributed by atoms with Crippen molar-refractivity contribution < 1.29 is 23.1 Å². The van der Waals surface area contributed by atoms with Gasteiger partial charge in [-0.2, -0.15) is 13.2 Å². The normalized spacial score (nSPS) is 20.8. The minimum atomic E-state index is -4.62. The maximum atomic E-state index is 12.9. The highest BCUT2D eigenvalue weighted by Crippen LogP contribution is 2.36. The van der Waals surface area contributed by atoms with Crippen molar-refractivity contribution in [2.45, 2.75) is 44.4 Å². The van der Waals surface area contributed by atoms with Gasteiger partial charge in [-0.3, -0.25) is 4.90 Å². The number of carboxylic acid groups (broad SMARTS) is 1. The zero-order chi connectivity index (χ0) is 22.3. The minimum Gasteiger partial charge on any atom is -0.465 e. The van der Waals surface area contributed by atoms with Crippen LogP contribution in [0.3, 0.4) is 0 Å². The number of aryl methyl sites for hydroxylation is 1. The lowest BCUT2D eigenvalue weighted by atomic mass is 10.1. The van der Waals surface area contributed by atoms with Crippen molar-refractivity contribution >= 4 is 35.0 Å². The van der Waals surface area contributed by atoms with E-state index in [9.17, 15) is 23.1 Å². The van der Waals surface area contributed by atoms with E-state index < -0.39 is 23.0 Å². The number of fused-ring (bicyclic) bond motifs is 2. The van der Waals surface area contributed by atoms with Gasteiger partial charge in [0.25, 0.3) is 0 Å². The predicted octanol–water partition coefficient (Wildman–Crippen LogP) is 4.79. The average Bonchev–Trinajstić information content (AvgIpc) is 2.97. The van der Waals surface area contributed by atoms with Gasteiger partial charge in [0, 0.05) is 30.7 Å². The molecular weight excluding hydrogens is 435 g/mol. The smallest absolute Gasteiger partial charge is 0.420 e. The van der Waals surface area contributed by atoms with E-state index in [2.05, 4.69) is 20.2 Å². The fourth-order valence-corrected chi connectivity index (χ4v) is 4.59. The second kappa shape index (κ2) is 8.07. The van der Waals surface area contributed by atoms with Crippen LogP contribution in [-0.2, 0) is 12.6 Å². The fourth-order valence-electron chi connectivity index (χ4n) is 4.35. The molecule has 2 fully saturated rings. The van der Waals surface area contributed by atoms with Crippen molar-refractivity contribution in [1.29, 1.82) is 0 Å². The van der Waals surface area contributed by atoms with Crippen LogP contribution >= 0.6 is 11.6 Å². The Hall–Kier alpha value is -2.75. The summed E-state index contributed by atoms with van der Waals surface area (Å²) >= 11 is 5.68. The van der Waals surface area contributed by atoms with Gasteiger partial charge in [0.15, 0.2) is 0 Å². The van der Waals surface area contributed by atoms with Gasteiger partial charge < -0.3 is 15.3 Å². The molecular formula is C20H21ClF3N5O2. The molecule has 31 heavy (non-hydrogen) atoms. The van der Waals surface area contributed by atoms with E-state index >= 15 is 0 Å². The van der Waals surface area contributed by atoms with E-state index in [1.807, 2.05) is 25.1 Å². The van der Waals surface area contributed by atoms with E-state index in [0.29, 0.717) is 31.4 Å². The van der Waals surface area contributed by atoms with Crippen LogP contribution in [0.15, 0.2) is 24.4 Å². The molecule has 0 radical (unpaired) electrons. The summed E-state index contributed by atoms with van der Waals surface area (Å²) in [5.41, 5.74) is 1.51. The van der Waals surface area contributed by atoms with Gasteiger partial charge >= 0.3 is 12.3 Å². The Kier molecular flexibility index (Phi) is 5.59. The highest BCUT2D eigenvalue weighted by atomic mass is 35.5. The standard InChI is InChI=1S/C20H21ClF3N5O2/c1-2-11-7-12(28-9-13-3-4-14(10-28)29(13)19(30)31)5-6-16(11)26-18-25-8-15(17(21)27-18)20(22,23)24/h5-8,13-14H,2-4,9-10H2,1H3,(H,30,31)(H,25,26,27)/t13-,14+. The van der Waals surface area contributed by atoms with Crippen molar-refractivity contribution in [2.24, 2.45) is 0 Å². The number of carbonyl (C=O) groups is 1. The zero-order valence-corrected chi connectivity index (χ0v) is 17.4. The van der Waals surface area contributed by atoms with E-state index in [4.69, 9.17) is 11.6 Å². The monoisotopic (exact) mass is 455 g/mol. The van der Waals surface area contributed by atoms with Crippen LogP contribution in [-0.4, -0.2) is 51.2 Å². The lowest BCUT2D eigenvalue weighted by Gasteiger charge is -2.40. The van der Waals surface area contributed by atoms with Crippen LogP contribution < -0.4 is 10.2 Å². The summed E-state index contributed by atoms with van der Waals surface area (Å²) in [6.07, 6.45) is -2.42. The Morgan fingerprint density at radius 2 is 1.97 bits per heavy atom. The maximum absolute atomic E-state index is 12.9. The molecule has 2 aliphatic heterocycles. The summed E-state index contributed by atoms with van der Waals surface area (Å²) in [6.45, 7) is 3.24. The van der Waals surface area contributed by atoms with Crippen molar-refractivity contribution in [2.75, 3.05) is 23.3 Å². The third kappa shape index (κ3) is 4.21. The molecule has 2 N–H and O–H groups in total. The number of amides is 1. The summed E-state index contributed by atoms with van der Waals surface area (Å²) in [7, 11) is 0. The molecule has 3 heterocycles. The van der Waals surface area contributed by atoms with E-state index in [1.165, 1.54) is 0 Å². The first-order chi connectivity index (χ1) is 14.7. The first-order valence-electron chi connectivity index (χ1n) is 9.93. The van der Waals surface area contributed by atoms with Crippen molar-refractivity contribution in [3.63, 3.8) is 0 Å². The van der Waals surface area contributed by atoms with Gasteiger partial charge in [-0.05, 0) is 43.0 Å². The van der Waals surface area contributed by atoms with Gasteiger partial charge in [0.1, 0.15) is 10.7 Å². The number of alkyl halides is 3. The number of aromatic nitrogens is 2. The molecule has 0 aliphatic carbocycles. The van der Waals surface area contributed by atoms with Crippen LogP contribution in [0, 0.1) is 0 Å². The number of hydrogen-bond acceptors (Lipinski definition) is 5. The Morgan fingerprint density at radius 3 is 2.52 bits per heavy atom. The Balaban J connectivity index is 1.53. The zero-order valence-electron chi connectivity index (χ0n) is 16.7. The molecule has 1 aromatic carbocycles. The van der Waals surface area contributed by atoms with Crippen molar-refractivity contribution in [3.8, 4) is 0 Å². The summed E-state index contributed by atoms with van der Waals surface area (Å²) in [5, 5.41) is 11.7. The molecule has 2 atom stereocenters. The van der Waals surface area contributed by atoms with Gasteiger partial charge in [-0.1, -0.05) is 18.5 Å². The number of hydrogen-bond donors (Lipinski definition) is 2. The van der Waals surface area contributed by atoms with Crippen LogP contribution in [0.4, 0.5) is 35.3 Å². The number of benzene rings is 1. The predicted molar refractivity (Wildman–Crippen MR) is 110 cm³/mol. The van der Waals surface area contributed by atoms with Gasteiger partial charge in [0.05, 0.1) is 12.1 Å². The molecule has 2 saturated heterocycles. The largest absolute Gasteiger partial charge is 0.465 e. The molecule has 2 bridgehead atoms. The molecule has 0 saturated carbocycles. The maximum Gasteiger partial charge on any atom is 0.420 e. The Morgan fingerprint density at radius 1 is 1.29 bits per heavy atom. The third-order valence-electron chi connectivity index (χ3n) is 5.83. The number of piperazine rings is 1. The first-order valence-corrected chi connectivity index (χ1v) is 10.3. The second-order valence-corrected chi connectivity index (χ2v) is 8.05. The fraction of sp³-hybridized carbons (Fsp3) is 0.450. The van der Waals surface area contributed by atoms with Crippen LogP contribution in [0.25, 0.3) is 0 Å². The number of rotatable bonds is 4. The van der Waals surface area contributed by atoms with Crippen molar-refractivity contribution in [3.05, 3.63) is 40.7 Å². The first kappa shape index (κ1) is 21.5. The molecule has 2 aromatic rings. The lowest BCUT2D eigenvalue weighted by Crippen LogP contribution is -2.55. The number of halogens is 4. The summed E-state index contributed by atoms with van der Waals surface area (Å²) in [4.78, 5) is 22.7. The Labute approximate surface area is 181 Å². The van der Waals surface area contributed by atoms with Gasteiger partial charge in [-0.15, -0.1) is 0 Å². The highest BCUT2D eigenvalue weighted by molar-refractivity contribution is 6.30. The summed E-state index contributed by atoms with van der Waals surface area (Å²) in [5.74, 6) is -0.0198. The Bertz CT molecular complexity index is 989. The lowest BCUT2D eigenvalue weighted by molar-refractivity contribution is -0.137. The van der Waals surface area contributed by atoms with Crippen molar-refractivity contribution in [1.82, 2.24) is 14.9 Å².